The highest BCUT2D eigenvalue weighted by molar-refractivity contribution is 5.06. The Morgan fingerprint density at radius 1 is 1.91 bits per heavy atom. The number of nitrogens with two attached hydrogens (primary N) is 1. The Hall–Kier alpha value is -1.20. The van der Waals surface area contributed by atoms with Crippen molar-refractivity contribution in [2.24, 2.45) is 12.9 Å². The SMILES string of the molecule is C=CC(NN)c1cn(C)nn1. The average Bonchev–Trinajstić information content (AvgIpc) is 2.39. The van der Waals surface area contributed by atoms with Crippen LogP contribution < -0.4 is 11.3 Å². The summed E-state index contributed by atoms with van der Waals surface area (Å²) < 4.78 is 1.61. The van der Waals surface area contributed by atoms with Crippen LogP contribution in [0.3, 0.4) is 0 Å². The Bertz CT molecular complexity index is 241. The van der Waals surface area contributed by atoms with Crippen LogP contribution in [0, 0.1) is 0 Å². The molecule has 0 radical (unpaired) electrons. The maximum atomic E-state index is 5.23. The maximum Gasteiger partial charge on any atom is 0.105 e. The van der Waals surface area contributed by atoms with Gasteiger partial charge in [-0.2, -0.15) is 0 Å². The predicted molar refractivity (Wildman–Crippen MR) is 41.3 cm³/mol. The number of nitrogens with zero attached hydrogens (tertiary/aromatic N) is 3. The van der Waals surface area contributed by atoms with E-state index in [-0.39, 0.29) is 6.04 Å². The Morgan fingerprint density at radius 2 is 2.64 bits per heavy atom. The number of hydrogen-bond donors (Lipinski definition) is 2. The van der Waals surface area contributed by atoms with Crippen LogP contribution in [0.5, 0.6) is 0 Å². The van der Waals surface area contributed by atoms with Gasteiger partial charge in [-0.1, -0.05) is 11.3 Å². The molecular weight excluding hydrogens is 142 g/mol. The summed E-state index contributed by atoms with van der Waals surface area (Å²) in [6, 6.07) is -0.122. The third kappa shape index (κ3) is 1.63. The Morgan fingerprint density at radius 3 is 3.00 bits per heavy atom. The third-order valence-electron chi connectivity index (χ3n) is 1.35. The van der Waals surface area contributed by atoms with Gasteiger partial charge in [0, 0.05) is 7.05 Å². The first-order valence-corrected chi connectivity index (χ1v) is 3.23. The molecule has 1 rings (SSSR count). The van der Waals surface area contributed by atoms with Crippen molar-refractivity contribution >= 4 is 0 Å². The summed E-state index contributed by atoms with van der Waals surface area (Å²) in [5.41, 5.74) is 3.32. The fraction of sp³-hybridized carbons (Fsp3) is 0.333. The van der Waals surface area contributed by atoms with E-state index in [1.807, 2.05) is 0 Å². The van der Waals surface area contributed by atoms with Crippen molar-refractivity contribution in [2.45, 2.75) is 6.04 Å². The van der Waals surface area contributed by atoms with Crippen molar-refractivity contribution in [3.05, 3.63) is 24.5 Å². The summed E-state index contributed by atoms with van der Waals surface area (Å²) in [5, 5.41) is 7.61. The van der Waals surface area contributed by atoms with Gasteiger partial charge >= 0.3 is 0 Å². The van der Waals surface area contributed by atoms with E-state index in [0.29, 0.717) is 0 Å². The molecule has 0 amide bonds. The zero-order valence-corrected chi connectivity index (χ0v) is 6.36. The standard InChI is InChI=1S/C6H11N5/c1-3-5(8-7)6-4-11(2)10-9-6/h3-5,8H,1,7H2,2H3. The van der Waals surface area contributed by atoms with Crippen LogP contribution in [0.1, 0.15) is 11.7 Å². The third-order valence-corrected chi connectivity index (χ3v) is 1.35. The molecule has 1 aromatic heterocycles. The lowest BCUT2D eigenvalue weighted by Gasteiger charge is -2.04. The molecule has 0 aliphatic heterocycles. The van der Waals surface area contributed by atoms with Crippen LogP contribution in [-0.4, -0.2) is 15.0 Å². The molecular formula is C6H11N5. The highest BCUT2D eigenvalue weighted by atomic mass is 15.4. The lowest BCUT2D eigenvalue weighted by molar-refractivity contribution is 0.636. The zero-order valence-electron chi connectivity index (χ0n) is 6.36. The second-order valence-electron chi connectivity index (χ2n) is 2.20. The van der Waals surface area contributed by atoms with Crippen molar-refractivity contribution in [3.8, 4) is 0 Å². The quantitative estimate of drug-likeness (QED) is 0.349. The average molecular weight is 153 g/mol. The molecule has 0 aliphatic rings. The van der Waals surface area contributed by atoms with Gasteiger partial charge in [-0.3, -0.25) is 10.5 Å². The number of aryl methyl sites for hydroxylation is 1. The molecule has 60 valence electrons. The van der Waals surface area contributed by atoms with Crippen molar-refractivity contribution in [3.63, 3.8) is 0 Å². The molecule has 1 unspecified atom stereocenters. The van der Waals surface area contributed by atoms with Gasteiger partial charge in [-0.15, -0.1) is 11.7 Å². The molecule has 0 spiro atoms. The van der Waals surface area contributed by atoms with Crippen LogP contribution >= 0.6 is 0 Å². The first kappa shape index (κ1) is 7.90. The van der Waals surface area contributed by atoms with Gasteiger partial charge in [0.2, 0.25) is 0 Å². The van der Waals surface area contributed by atoms with E-state index in [1.54, 1.807) is 24.0 Å². The van der Waals surface area contributed by atoms with Gasteiger partial charge in [-0.25, -0.2) is 5.43 Å². The molecule has 0 fully saturated rings. The minimum Gasteiger partial charge on any atom is -0.271 e. The van der Waals surface area contributed by atoms with E-state index in [4.69, 9.17) is 5.84 Å². The van der Waals surface area contributed by atoms with Gasteiger partial charge in [-0.05, 0) is 0 Å². The molecule has 1 heterocycles. The summed E-state index contributed by atoms with van der Waals surface area (Å²) in [6.45, 7) is 3.60. The summed E-state index contributed by atoms with van der Waals surface area (Å²) in [6.07, 6.45) is 3.45. The number of aromatic nitrogens is 3. The Labute approximate surface area is 64.9 Å². The lowest BCUT2D eigenvalue weighted by atomic mass is 10.2. The highest BCUT2D eigenvalue weighted by Crippen LogP contribution is 2.06. The Kier molecular flexibility index (Phi) is 2.35. The summed E-state index contributed by atoms with van der Waals surface area (Å²) >= 11 is 0. The molecule has 11 heavy (non-hydrogen) atoms. The van der Waals surface area contributed by atoms with E-state index in [1.165, 1.54) is 0 Å². The van der Waals surface area contributed by atoms with Gasteiger partial charge in [0.15, 0.2) is 0 Å². The van der Waals surface area contributed by atoms with E-state index in [2.05, 4.69) is 22.3 Å². The van der Waals surface area contributed by atoms with E-state index in [9.17, 15) is 0 Å². The normalized spacial score (nSPS) is 12.9. The number of rotatable bonds is 3. The van der Waals surface area contributed by atoms with Crippen molar-refractivity contribution < 1.29 is 0 Å². The topological polar surface area (TPSA) is 68.8 Å². The van der Waals surface area contributed by atoms with Crippen LogP contribution in [0.4, 0.5) is 0 Å². The van der Waals surface area contributed by atoms with Crippen LogP contribution in [0.15, 0.2) is 18.9 Å². The second kappa shape index (κ2) is 3.27. The number of hydrazine groups is 1. The molecule has 0 aliphatic carbocycles. The second-order valence-corrected chi connectivity index (χ2v) is 2.20. The largest absolute Gasteiger partial charge is 0.271 e. The zero-order chi connectivity index (χ0) is 8.27. The summed E-state index contributed by atoms with van der Waals surface area (Å²) in [4.78, 5) is 0. The molecule has 1 atom stereocenters. The first-order chi connectivity index (χ1) is 5.27. The summed E-state index contributed by atoms with van der Waals surface area (Å²) in [5.74, 6) is 5.23. The molecule has 0 aromatic carbocycles. The fourth-order valence-corrected chi connectivity index (χ4v) is 0.782. The monoisotopic (exact) mass is 153 g/mol. The maximum absolute atomic E-state index is 5.23. The van der Waals surface area contributed by atoms with Crippen LogP contribution in [-0.2, 0) is 7.05 Å². The minimum absolute atomic E-state index is 0.122. The van der Waals surface area contributed by atoms with Gasteiger partial charge in [0.05, 0.1) is 12.2 Å². The summed E-state index contributed by atoms with van der Waals surface area (Å²) in [7, 11) is 1.80. The van der Waals surface area contributed by atoms with Crippen molar-refractivity contribution in [2.75, 3.05) is 0 Å². The molecule has 1 aromatic rings. The highest BCUT2D eigenvalue weighted by Gasteiger charge is 2.07. The predicted octanol–water partition coefficient (Wildman–Crippen LogP) is -0.495. The number of nitrogens with one attached hydrogen (secondary N) is 1. The van der Waals surface area contributed by atoms with Crippen molar-refractivity contribution in [1.29, 1.82) is 0 Å². The molecule has 0 saturated heterocycles. The van der Waals surface area contributed by atoms with Gasteiger partial charge in [0.25, 0.3) is 0 Å². The van der Waals surface area contributed by atoms with Crippen LogP contribution in [0.2, 0.25) is 0 Å². The fourth-order valence-electron chi connectivity index (χ4n) is 0.782. The van der Waals surface area contributed by atoms with Gasteiger partial charge in [0.1, 0.15) is 5.69 Å². The lowest BCUT2D eigenvalue weighted by Crippen LogP contribution is -2.26. The Balaban J connectivity index is 2.81. The van der Waals surface area contributed by atoms with E-state index < -0.39 is 0 Å². The van der Waals surface area contributed by atoms with Gasteiger partial charge < -0.3 is 0 Å². The molecule has 5 nitrogen and oxygen atoms in total. The van der Waals surface area contributed by atoms with E-state index >= 15 is 0 Å². The molecule has 0 bridgehead atoms. The van der Waals surface area contributed by atoms with E-state index in [0.717, 1.165) is 5.69 Å². The smallest absolute Gasteiger partial charge is 0.105 e. The molecule has 5 heteroatoms. The molecule has 0 saturated carbocycles. The molecule has 3 N–H and O–H groups in total. The van der Waals surface area contributed by atoms with Crippen LogP contribution in [0.25, 0.3) is 0 Å². The first-order valence-electron chi connectivity index (χ1n) is 3.23. The minimum atomic E-state index is -0.122. The van der Waals surface area contributed by atoms with Crippen molar-refractivity contribution in [1.82, 2.24) is 20.4 Å². The number of hydrogen-bond acceptors (Lipinski definition) is 4.